The van der Waals surface area contributed by atoms with Crippen molar-refractivity contribution in [3.63, 3.8) is 0 Å². The second-order valence-electron chi connectivity index (χ2n) is 8.91. The third-order valence-corrected chi connectivity index (χ3v) is 7.39. The molecule has 0 unspecified atom stereocenters. The number of ether oxygens (including phenoxy) is 2. The van der Waals surface area contributed by atoms with Crippen LogP contribution in [0.15, 0.2) is 42.5 Å². The van der Waals surface area contributed by atoms with Gasteiger partial charge in [0.2, 0.25) is 5.91 Å². The van der Waals surface area contributed by atoms with Gasteiger partial charge in [-0.05, 0) is 37.1 Å². The summed E-state index contributed by atoms with van der Waals surface area (Å²) in [5.74, 6) is 1.70. The summed E-state index contributed by atoms with van der Waals surface area (Å²) in [5.41, 5.74) is 4.08. The van der Waals surface area contributed by atoms with E-state index in [1.54, 1.807) is 6.92 Å². The predicted molar refractivity (Wildman–Crippen MR) is 136 cm³/mol. The van der Waals surface area contributed by atoms with Gasteiger partial charge in [0, 0.05) is 37.7 Å². The zero-order chi connectivity index (χ0) is 24.5. The topological polar surface area (TPSA) is 92.8 Å². The molecule has 2 amide bonds. The summed E-state index contributed by atoms with van der Waals surface area (Å²) in [6.45, 7) is 8.24. The van der Waals surface area contributed by atoms with Crippen LogP contribution in [-0.4, -0.2) is 43.1 Å². The smallest absolute Gasteiger partial charge is 0.263 e. The lowest BCUT2D eigenvalue weighted by Crippen LogP contribution is -2.45. The Bertz CT molecular complexity index is 1250. The SMILES string of the molecule is CC(=O)Nc1nc(C)c(C(=O)N[C@@H](C)c2ccc(C3CN(c4ccc5c(c4)OCCO5)C3)cc2)s1. The number of hydrogen-bond donors (Lipinski definition) is 2. The summed E-state index contributed by atoms with van der Waals surface area (Å²) in [7, 11) is 0. The summed E-state index contributed by atoms with van der Waals surface area (Å²) in [6, 6.07) is 14.4. The van der Waals surface area contributed by atoms with Crippen LogP contribution in [0.5, 0.6) is 11.5 Å². The average molecular weight is 493 g/mol. The number of aromatic nitrogens is 1. The van der Waals surface area contributed by atoms with Crippen molar-refractivity contribution in [2.45, 2.75) is 32.7 Å². The fourth-order valence-electron chi connectivity index (χ4n) is 4.34. The predicted octanol–water partition coefficient (Wildman–Crippen LogP) is 4.28. The molecule has 2 N–H and O–H groups in total. The number of aryl methyl sites for hydroxylation is 1. The molecule has 0 bridgehead atoms. The first-order chi connectivity index (χ1) is 16.9. The molecule has 35 heavy (non-hydrogen) atoms. The van der Waals surface area contributed by atoms with Crippen LogP contribution in [0.4, 0.5) is 10.8 Å². The monoisotopic (exact) mass is 492 g/mol. The largest absolute Gasteiger partial charge is 0.486 e. The number of carbonyl (C=O) groups is 2. The van der Waals surface area contributed by atoms with Crippen LogP contribution in [0.1, 0.15) is 52.3 Å². The Balaban J connectivity index is 1.17. The van der Waals surface area contributed by atoms with E-state index in [9.17, 15) is 9.59 Å². The fraction of sp³-hybridized carbons (Fsp3) is 0.346. The van der Waals surface area contributed by atoms with E-state index in [1.165, 1.54) is 23.8 Å². The van der Waals surface area contributed by atoms with Crippen molar-refractivity contribution in [3.8, 4) is 11.5 Å². The van der Waals surface area contributed by atoms with Crippen LogP contribution < -0.4 is 25.0 Å². The third-order valence-electron chi connectivity index (χ3n) is 6.31. The molecule has 1 fully saturated rings. The fourth-order valence-corrected chi connectivity index (χ4v) is 5.26. The molecule has 0 saturated carbocycles. The van der Waals surface area contributed by atoms with Crippen molar-refractivity contribution < 1.29 is 19.1 Å². The highest BCUT2D eigenvalue weighted by Crippen LogP contribution is 2.38. The summed E-state index contributed by atoms with van der Waals surface area (Å²) < 4.78 is 11.3. The minimum Gasteiger partial charge on any atom is -0.486 e. The number of benzene rings is 2. The van der Waals surface area contributed by atoms with E-state index in [1.807, 2.05) is 13.0 Å². The Morgan fingerprint density at radius 3 is 2.51 bits per heavy atom. The second kappa shape index (κ2) is 9.58. The molecule has 8 nitrogen and oxygen atoms in total. The number of hydrogen-bond acceptors (Lipinski definition) is 7. The van der Waals surface area contributed by atoms with E-state index in [0.29, 0.717) is 34.8 Å². The lowest BCUT2D eigenvalue weighted by atomic mass is 9.90. The zero-order valence-corrected chi connectivity index (χ0v) is 20.8. The Labute approximate surface area is 208 Å². The molecule has 2 aliphatic heterocycles. The third kappa shape index (κ3) is 4.95. The summed E-state index contributed by atoms with van der Waals surface area (Å²) in [4.78, 5) is 31.1. The zero-order valence-electron chi connectivity index (χ0n) is 20.0. The van der Waals surface area contributed by atoms with Crippen molar-refractivity contribution in [2.24, 2.45) is 0 Å². The molecule has 182 valence electrons. The van der Waals surface area contributed by atoms with Gasteiger partial charge in [-0.1, -0.05) is 35.6 Å². The molecule has 3 aromatic rings. The highest BCUT2D eigenvalue weighted by atomic mass is 32.1. The maximum Gasteiger partial charge on any atom is 0.263 e. The molecule has 1 aromatic heterocycles. The van der Waals surface area contributed by atoms with E-state index >= 15 is 0 Å². The molecule has 2 aromatic carbocycles. The van der Waals surface area contributed by atoms with Crippen LogP contribution in [0, 0.1) is 6.92 Å². The number of nitrogens with zero attached hydrogens (tertiary/aromatic N) is 2. The summed E-state index contributed by atoms with van der Waals surface area (Å²) >= 11 is 1.18. The minimum atomic E-state index is -0.208. The Morgan fingerprint density at radius 1 is 1.09 bits per heavy atom. The van der Waals surface area contributed by atoms with Gasteiger partial charge in [0.1, 0.15) is 18.1 Å². The minimum absolute atomic E-state index is 0.155. The molecule has 1 atom stereocenters. The molecule has 5 rings (SSSR count). The van der Waals surface area contributed by atoms with Crippen molar-refractivity contribution in [3.05, 3.63) is 64.2 Å². The molecule has 0 spiro atoms. The van der Waals surface area contributed by atoms with E-state index in [2.05, 4.69) is 56.9 Å². The van der Waals surface area contributed by atoms with Gasteiger partial charge in [-0.15, -0.1) is 0 Å². The van der Waals surface area contributed by atoms with Crippen LogP contribution >= 0.6 is 11.3 Å². The first-order valence-electron chi connectivity index (χ1n) is 11.7. The van der Waals surface area contributed by atoms with Gasteiger partial charge >= 0.3 is 0 Å². The van der Waals surface area contributed by atoms with E-state index < -0.39 is 0 Å². The number of anilines is 2. The standard InChI is InChI=1S/C26H28N4O4S/c1-15(27-25(32)24-16(2)28-26(35-24)29-17(3)31)18-4-6-19(7-5-18)20-13-30(14-20)21-8-9-22-23(12-21)34-11-10-33-22/h4-9,12,15,20H,10-11,13-14H2,1-3H3,(H,27,32)(H,28,29,31)/t15-/m0/s1. The quantitative estimate of drug-likeness (QED) is 0.534. The molecule has 2 aliphatic rings. The van der Waals surface area contributed by atoms with Crippen LogP contribution in [0.3, 0.4) is 0 Å². The molecule has 0 radical (unpaired) electrons. The van der Waals surface area contributed by atoms with E-state index in [4.69, 9.17) is 9.47 Å². The average Bonchev–Trinajstić information content (AvgIpc) is 3.17. The highest BCUT2D eigenvalue weighted by Gasteiger charge is 2.29. The first kappa shape index (κ1) is 23.2. The van der Waals surface area contributed by atoms with Gasteiger partial charge < -0.3 is 25.0 Å². The van der Waals surface area contributed by atoms with Gasteiger partial charge in [-0.2, -0.15) is 0 Å². The van der Waals surface area contributed by atoms with Crippen molar-refractivity contribution in [2.75, 3.05) is 36.5 Å². The normalized spacial score (nSPS) is 15.8. The molecule has 3 heterocycles. The number of fused-ring (bicyclic) bond motifs is 1. The number of carbonyl (C=O) groups excluding carboxylic acids is 2. The van der Waals surface area contributed by atoms with Gasteiger partial charge in [0.25, 0.3) is 5.91 Å². The molecular weight excluding hydrogens is 464 g/mol. The molecular formula is C26H28N4O4S. The van der Waals surface area contributed by atoms with Crippen LogP contribution in [0.25, 0.3) is 0 Å². The number of nitrogens with one attached hydrogen (secondary N) is 2. The Morgan fingerprint density at radius 2 is 1.80 bits per heavy atom. The lowest BCUT2D eigenvalue weighted by molar-refractivity contribution is -0.114. The second-order valence-corrected chi connectivity index (χ2v) is 9.91. The van der Waals surface area contributed by atoms with Crippen LogP contribution in [0.2, 0.25) is 0 Å². The maximum absolute atomic E-state index is 12.8. The van der Waals surface area contributed by atoms with E-state index in [0.717, 1.165) is 35.8 Å². The van der Waals surface area contributed by atoms with Crippen molar-refractivity contribution in [1.29, 1.82) is 0 Å². The van der Waals surface area contributed by atoms with Crippen molar-refractivity contribution in [1.82, 2.24) is 10.3 Å². The molecule has 1 saturated heterocycles. The molecule has 0 aliphatic carbocycles. The van der Waals surface area contributed by atoms with Gasteiger partial charge in [0.15, 0.2) is 16.6 Å². The lowest BCUT2D eigenvalue weighted by Gasteiger charge is -2.41. The first-order valence-corrected chi connectivity index (χ1v) is 12.5. The highest BCUT2D eigenvalue weighted by molar-refractivity contribution is 7.17. The van der Waals surface area contributed by atoms with Crippen molar-refractivity contribution >= 4 is 34.0 Å². The van der Waals surface area contributed by atoms with Gasteiger partial charge in [-0.25, -0.2) is 4.98 Å². The summed E-state index contributed by atoms with van der Waals surface area (Å²) in [6.07, 6.45) is 0. The van der Waals surface area contributed by atoms with Crippen LogP contribution in [-0.2, 0) is 4.79 Å². The number of thiazole rings is 1. The maximum atomic E-state index is 12.8. The van der Waals surface area contributed by atoms with E-state index in [-0.39, 0.29) is 17.9 Å². The summed E-state index contributed by atoms with van der Waals surface area (Å²) in [5, 5.41) is 6.11. The van der Waals surface area contributed by atoms with Gasteiger partial charge in [0.05, 0.1) is 11.7 Å². The number of amides is 2. The Kier molecular flexibility index (Phi) is 6.34. The Hall–Kier alpha value is -3.59. The van der Waals surface area contributed by atoms with Gasteiger partial charge in [-0.3, -0.25) is 9.59 Å². The molecule has 9 heteroatoms. The number of rotatable bonds is 6.